The maximum absolute atomic E-state index is 11.6. The lowest BCUT2D eigenvalue weighted by Gasteiger charge is -2.40. The van der Waals surface area contributed by atoms with Gasteiger partial charge in [0.2, 0.25) is 0 Å². The SMILES string of the molecule is CN(C)CCOC(=O)COC1CCN(C2CCN(C)CC2)CC1. The van der Waals surface area contributed by atoms with E-state index in [9.17, 15) is 4.79 Å². The molecule has 6 nitrogen and oxygen atoms in total. The van der Waals surface area contributed by atoms with Crippen molar-refractivity contribution in [2.45, 2.75) is 37.8 Å². The monoisotopic (exact) mass is 327 g/mol. The van der Waals surface area contributed by atoms with E-state index < -0.39 is 0 Å². The summed E-state index contributed by atoms with van der Waals surface area (Å²) in [5.41, 5.74) is 0. The van der Waals surface area contributed by atoms with Crippen molar-refractivity contribution < 1.29 is 14.3 Å². The van der Waals surface area contributed by atoms with Gasteiger partial charge in [0.05, 0.1) is 6.10 Å². The number of carbonyl (C=O) groups is 1. The molecule has 0 amide bonds. The largest absolute Gasteiger partial charge is 0.463 e. The minimum Gasteiger partial charge on any atom is -0.463 e. The maximum atomic E-state index is 11.6. The molecular weight excluding hydrogens is 294 g/mol. The van der Waals surface area contributed by atoms with Crippen molar-refractivity contribution in [3.63, 3.8) is 0 Å². The van der Waals surface area contributed by atoms with Gasteiger partial charge in [0.15, 0.2) is 0 Å². The standard InChI is InChI=1S/C17H33N3O3/c1-18(2)12-13-22-17(21)14-23-16-6-10-20(11-7-16)15-4-8-19(3)9-5-15/h15-16H,4-14H2,1-3H3. The third-order valence-corrected chi connectivity index (χ3v) is 4.92. The Bertz CT molecular complexity index is 349. The van der Waals surface area contributed by atoms with E-state index in [0.717, 1.165) is 38.5 Å². The Morgan fingerprint density at radius 3 is 2.35 bits per heavy atom. The number of likely N-dealkylation sites (N-methyl/N-ethyl adjacent to an activating group) is 1. The van der Waals surface area contributed by atoms with Crippen molar-refractivity contribution in [1.29, 1.82) is 0 Å². The van der Waals surface area contributed by atoms with Crippen molar-refractivity contribution in [3.8, 4) is 0 Å². The minimum absolute atomic E-state index is 0.0896. The fourth-order valence-corrected chi connectivity index (χ4v) is 3.34. The van der Waals surface area contributed by atoms with E-state index in [1.807, 2.05) is 19.0 Å². The third-order valence-electron chi connectivity index (χ3n) is 4.92. The van der Waals surface area contributed by atoms with Crippen LogP contribution in [0.5, 0.6) is 0 Å². The molecule has 0 N–H and O–H groups in total. The van der Waals surface area contributed by atoms with Gasteiger partial charge < -0.3 is 24.2 Å². The van der Waals surface area contributed by atoms with E-state index >= 15 is 0 Å². The molecule has 2 rings (SSSR count). The topological polar surface area (TPSA) is 45.2 Å². The van der Waals surface area contributed by atoms with E-state index in [1.165, 1.54) is 25.9 Å². The van der Waals surface area contributed by atoms with Crippen LogP contribution in [0, 0.1) is 0 Å². The fraction of sp³-hybridized carbons (Fsp3) is 0.941. The van der Waals surface area contributed by atoms with Crippen LogP contribution >= 0.6 is 0 Å². The number of hydrogen-bond donors (Lipinski definition) is 0. The first-order valence-electron chi connectivity index (χ1n) is 8.89. The second-order valence-electron chi connectivity index (χ2n) is 7.10. The van der Waals surface area contributed by atoms with Gasteiger partial charge in [-0.1, -0.05) is 0 Å². The average molecular weight is 327 g/mol. The second kappa shape index (κ2) is 9.57. The number of hydrogen-bond acceptors (Lipinski definition) is 6. The molecule has 6 heteroatoms. The smallest absolute Gasteiger partial charge is 0.332 e. The van der Waals surface area contributed by atoms with E-state index in [2.05, 4.69) is 16.8 Å². The summed E-state index contributed by atoms with van der Waals surface area (Å²) in [7, 11) is 6.12. The van der Waals surface area contributed by atoms with Crippen LogP contribution in [-0.4, -0.2) is 99.9 Å². The summed E-state index contributed by atoms with van der Waals surface area (Å²) >= 11 is 0. The zero-order valence-corrected chi connectivity index (χ0v) is 15.0. The summed E-state index contributed by atoms with van der Waals surface area (Å²) in [6.45, 7) is 5.88. The molecule has 23 heavy (non-hydrogen) atoms. The van der Waals surface area contributed by atoms with Gasteiger partial charge in [-0.25, -0.2) is 4.79 Å². The first kappa shape index (κ1) is 18.6. The number of carbonyl (C=O) groups excluding carboxylic acids is 1. The lowest BCUT2D eigenvalue weighted by molar-refractivity contribution is -0.152. The first-order valence-corrected chi connectivity index (χ1v) is 8.89. The number of rotatable bonds is 7. The molecule has 134 valence electrons. The highest BCUT2D eigenvalue weighted by Crippen LogP contribution is 2.21. The summed E-state index contributed by atoms with van der Waals surface area (Å²) in [5.74, 6) is -0.246. The molecule has 0 atom stereocenters. The summed E-state index contributed by atoms with van der Waals surface area (Å²) in [6, 6.07) is 0.739. The Labute approximate surface area is 140 Å². The molecule has 0 aliphatic carbocycles. The maximum Gasteiger partial charge on any atom is 0.332 e. The Hall–Kier alpha value is -0.690. The van der Waals surface area contributed by atoms with Crippen molar-refractivity contribution in [2.24, 2.45) is 0 Å². The molecule has 0 saturated carbocycles. The number of nitrogens with zero attached hydrogens (tertiary/aromatic N) is 3. The quantitative estimate of drug-likeness (QED) is 0.641. The van der Waals surface area contributed by atoms with E-state index in [4.69, 9.17) is 9.47 Å². The van der Waals surface area contributed by atoms with Crippen LogP contribution in [0.2, 0.25) is 0 Å². The first-order chi connectivity index (χ1) is 11.0. The van der Waals surface area contributed by atoms with Gasteiger partial charge in [-0.05, 0) is 59.9 Å². The highest BCUT2D eigenvalue weighted by Gasteiger charge is 2.27. The number of esters is 1. The number of piperidine rings is 2. The van der Waals surface area contributed by atoms with Crippen LogP contribution in [0.25, 0.3) is 0 Å². The molecule has 2 fully saturated rings. The zero-order valence-electron chi connectivity index (χ0n) is 15.0. The van der Waals surface area contributed by atoms with Crippen LogP contribution < -0.4 is 0 Å². The summed E-state index contributed by atoms with van der Waals surface area (Å²) in [6.07, 6.45) is 4.81. The second-order valence-corrected chi connectivity index (χ2v) is 7.10. The van der Waals surface area contributed by atoms with Gasteiger partial charge in [0, 0.05) is 25.7 Å². The van der Waals surface area contributed by atoms with E-state index in [0.29, 0.717) is 6.61 Å². The van der Waals surface area contributed by atoms with Crippen molar-refractivity contribution in [2.75, 3.05) is 67.1 Å². The van der Waals surface area contributed by atoms with Crippen LogP contribution in [-0.2, 0) is 14.3 Å². The Balaban J connectivity index is 1.57. The average Bonchev–Trinajstić information content (AvgIpc) is 2.54. The molecule has 0 aromatic carbocycles. The predicted molar refractivity (Wildman–Crippen MR) is 90.6 cm³/mol. The zero-order chi connectivity index (χ0) is 16.7. The number of ether oxygens (including phenoxy) is 2. The molecule has 0 unspecified atom stereocenters. The molecule has 0 spiro atoms. The lowest BCUT2D eigenvalue weighted by Crippen LogP contribution is -2.48. The highest BCUT2D eigenvalue weighted by molar-refractivity contribution is 5.70. The van der Waals surface area contributed by atoms with Gasteiger partial charge in [-0.15, -0.1) is 0 Å². The molecule has 2 heterocycles. The Morgan fingerprint density at radius 1 is 1.09 bits per heavy atom. The Morgan fingerprint density at radius 2 is 1.74 bits per heavy atom. The van der Waals surface area contributed by atoms with Gasteiger partial charge >= 0.3 is 5.97 Å². The summed E-state index contributed by atoms with van der Waals surface area (Å²) in [5, 5.41) is 0. The molecule has 2 aliphatic heterocycles. The van der Waals surface area contributed by atoms with Crippen molar-refractivity contribution in [3.05, 3.63) is 0 Å². The van der Waals surface area contributed by atoms with Crippen LogP contribution in [0.4, 0.5) is 0 Å². The number of likely N-dealkylation sites (tertiary alicyclic amines) is 2. The molecule has 2 saturated heterocycles. The van der Waals surface area contributed by atoms with Crippen LogP contribution in [0.3, 0.4) is 0 Å². The van der Waals surface area contributed by atoms with E-state index in [-0.39, 0.29) is 18.7 Å². The molecule has 0 aromatic heterocycles. The lowest BCUT2D eigenvalue weighted by atomic mass is 9.99. The summed E-state index contributed by atoms with van der Waals surface area (Å²) < 4.78 is 10.9. The fourth-order valence-electron chi connectivity index (χ4n) is 3.34. The molecule has 0 aromatic rings. The van der Waals surface area contributed by atoms with Gasteiger partial charge in [0.1, 0.15) is 13.2 Å². The van der Waals surface area contributed by atoms with Gasteiger partial charge in [0.25, 0.3) is 0 Å². The molecule has 0 radical (unpaired) electrons. The Kier molecular flexibility index (Phi) is 7.76. The molecule has 2 aliphatic rings. The third kappa shape index (κ3) is 6.75. The molecule has 0 bridgehead atoms. The van der Waals surface area contributed by atoms with Gasteiger partial charge in [-0.2, -0.15) is 0 Å². The normalized spacial score (nSPS) is 22.6. The van der Waals surface area contributed by atoms with Gasteiger partial charge in [-0.3, -0.25) is 0 Å². The highest BCUT2D eigenvalue weighted by atomic mass is 16.6. The van der Waals surface area contributed by atoms with Crippen molar-refractivity contribution in [1.82, 2.24) is 14.7 Å². The van der Waals surface area contributed by atoms with Crippen LogP contribution in [0.1, 0.15) is 25.7 Å². The van der Waals surface area contributed by atoms with Crippen molar-refractivity contribution >= 4 is 5.97 Å². The van der Waals surface area contributed by atoms with Crippen LogP contribution in [0.15, 0.2) is 0 Å². The van der Waals surface area contributed by atoms with E-state index in [1.54, 1.807) is 0 Å². The summed E-state index contributed by atoms with van der Waals surface area (Å²) in [4.78, 5) is 18.6. The predicted octanol–water partition coefficient (Wildman–Crippen LogP) is 0.666. The molecular formula is C17H33N3O3. The minimum atomic E-state index is -0.246.